The number of pyridine rings is 1. The number of nitrogens with one attached hydrogen (secondary N) is 2. The number of carboxylic acids is 1. The highest BCUT2D eigenvalue weighted by Gasteiger charge is 2.27. The molecule has 0 bridgehead atoms. The van der Waals surface area contributed by atoms with Crippen LogP contribution >= 0.6 is 0 Å². The zero-order valence-corrected chi connectivity index (χ0v) is 19.5. The fourth-order valence-corrected chi connectivity index (χ4v) is 4.78. The number of aromatic nitrogens is 2. The maximum absolute atomic E-state index is 13.6. The van der Waals surface area contributed by atoms with Gasteiger partial charge in [-0.15, -0.1) is 0 Å². The third-order valence-corrected chi connectivity index (χ3v) is 6.68. The van der Waals surface area contributed by atoms with Crippen molar-refractivity contribution in [3.63, 3.8) is 0 Å². The lowest BCUT2D eigenvalue weighted by atomic mass is 9.86. The lowest BCUT2D eigenvalue weighted by molar-refractivity contribution is -0.142. The molecule has 0 saturated heterocycles. The van der Waals surface area contributed by atoms with Crippen LogP contribution < -0.4 is 10.1 Å². The molecule has 4 aromatic rings. The third-order valence-electron chi connectivity index (χ3n) is 6.68. The van der Waals surface area contributed by atoms with E-state index in [1.807, 2.05) is 49.4 Å². The molecule has 35 heavy (non-hydrogen) atoms. The van der Waals surface area contributed by atoms with Crippen LogP contribution in [0.15, 0.2) is 67.0 Å². The van der Waals surface area contributed by atoms with Crippen LogP contribution in [0.3, 0.4) is 0 Å². The molecule has 2 aromatic heterocycles. The molecule has 1 saturated carbocycles. The first kappa shape index (κ1) is 22.7. The number of H-pyrrole nitrogens is 1. The molecule has 0 spiro atoms. The van der Waals surface area contributed by atoms with E-state index in [2.05, 4.69) is 15.3 Å². The Kier molecular flexibility index (Phi) is 6.23. The molecule has 5 rings (SSSR count). The number of anilines is 1. The summed E-state index contributed by atoms with van der Waals surface area (Å²) >= 11 is 0. The van der Waals surface area contributed by atoms with Gasteiger partial charge in [0, 0.05) is 29.7 Å². The minimum Gasteiger partial charge on any atom is -0.481 e. The number of para-hydroxylation sites is 1. The SMILES string of the molecule is Cc1cc(Oc2ccccc2)ccc1C(=O)c1c[nH]c2nccc(NC3CCC(C(=O)O)CC3)c12. The van der Waals surface area contributed by atoms with Gasteiger partial charge in [-0.3, -0.25) is 9.59 Å². The maximum Gasteiger partial charge on any atom is 0.306 e. The van der Waals surface area contributed by atoms with E-state index in [1.165, 1.54) is 0 Å². The first-order valence-corrected chi connectivity index (χ1v) is 11.8. The summed E-state index contributed by atoms with van der Waals surface area (Å²) in [6.45, 7) is 1.90. The molecular weight excluding hydrogens is 442 g/mol. The van der Waals surface area contributed by atoms with Gasteiger partial charge < -0.3 is 20.1 Å². The number of carbonyl (C=O) groups is 2. The predicted octanol–water partition coefficient (Wildman–Crippen LogP) is 5.95. The van der Waals surface area contributed by atoms with E-state index in [4.69, 9.17) is 4.74 Å². The first-order chi connectivity index (χ1) is 17.0. The Morgan fingerprint density at radius 3 is 2.49 bits per heavy atom. The third kappa shape index (κ3) is 4.75. The molecule has 1 aliphatic carbocycles. The van der Waals surface area contributed by atoms with Gasteiger partial charge in [-0.2, -0.15) is 0 Å². The number of aromatic amines is 1. The summed E-state index contributed by atoms with van der Waals surface area (Å²) in [5.41, 5.74) is 3.44. The molecule has 3 N–H and O–H groups in total. The Bertz CT molecular complexity index is 1370. The second-order valence-corrected chi connectivity index (χ2v) is 9.04. The predicted molar refractivity (Wildman–Crippen MR) is 134 cm³/mol. The van der Waals surface area contributed by atoms with E-state index < -0.39 is 5.97 Å². The number of carbonyl (C=O) groups excluding carboxylic acids is 1. The van der Waals surface area contributed by atoms with Gasteiger partial charge in [-0.25, -0.2) is 4.98 Å². The van der Waals surface area contributed by atoms with Gasteiger partial charge in [-0.05, 0) is 74.6 Å². The molecule has 0 aliphatic heterocycles. The van der Waals surface area contributed by atoms with Crippen molar-refractivity contribution in [2.45, 2.75) is 38.6 Å². The van der Waals surface area contributed by atoms with Crippen molar-refractivity contribution in [1.29, 1.82) is 0 Å². The van der Waals surface area contributed by atoms with Crippen LogP contribution in [-0.4, -0.2) is 32.9 Å². The lowest BCUT2D eigenvalue weighted by Gasteiger charge is -2.28. The molecule has 2 aromatic carbocycles. The Labute approximate surface area is 203 Å². The summed E-state index contributed by atoms with van der Waals surface area (Å²) < 4.78 is 5.91. The molecule has 7 heteroatoms. The lowest BCUT2D eigenvalue weighted by Crippen LogP contribution is -2.29. The molecule has 0 atom stereocenters. The molecule has 0 unspecified atom stereocenters. The minimum absolute atomic E-state index is 0.0920. The van der Waals surface area contributed by atoms with Crippen LogP contribution in [0.1, 0.15) is 47.2 Å². The smallest absolute Gasteiger partial charge is 0.306 e. The number of hydrogen-bond donors (Lipinski definition) is 3. The largest absolute Gasteiger partial charge is 0.481 e. The number of rotatable bonds is 7. The average Bonchev–Trinajstić information content (AvgIpc) is 3.30. The van der Waals surface area contributed by atoms with Crippen LogP contribution in [0, 0.1) is 12.8 Å². The van der Waals surface area contributed by atoms with Gasteiger partial charge in [0.05, 0.1) is 16.9 Å². The number of fused-ring (bicyclic) bond motifs is 1. The number of aryl methyl sites for hydroxylation is 1. The van der Waals surface area contributed by atoms with Crippen molar-refractivity contribution >= 4 is 28.5 Å². The maximum atomic E-state index is 13.6. The van der Waals surface area contributed by atoms with Gasteiger partial charge in [0.15, 0.2) is 5.78 Å². The zero-order valence-electron chi connectivity index (χ0n) is 19.5. The van der Waals surface area contributed by atoms with Crippen LogP contribution in [0.5, 0.6) is 11.5 Å². The summed E-state index contributed by atoms with van der Waals surface area (Å²) in [4.78, 5) is 32.4. The Morgan fingerprint density at radius 2 is 1.77 bits per heavy atom. The fourth-order valence-electron chi connectivity index (χ4n) is 4.78. The summed E-state index contributed by atoms with van der Waals surface area (Å²) in [6.07, 6.45) is 6.26. The quantitative estimate of drug-likeness (QED) is 0.289. The van der Waals surface area contributed by atoms with Crippen LogP contribution in [0.25, 0.3) is 11.0 Å². The Morgan fingerprint density at radius 1 is 1.00 bits per heavy atom. The highest BCUT2D eigenvalue weighted by molar-refractivity contribution is 6.19. The zero-order chi connectivity index (χ0) is 24.4. The molecule has 1 aliphatic rings. The van der Waals surface area contributed by atoms with Crippen molar-refractivity contribution in [3.05, 3.63) is 83.7 Å². The number of ketones is 1. The van der Waals surface area contributed by atoms with Crippen LogP contribution in [0.2, 0.25) is 0 Å². The Balaban J connectivity index is 1.39. The molecule has 178 valence electrons. The molecule has 7 nitrogen and oxygen atoms in total. The second kappa shape index (κ2) is 9.62. The van der Waals surface area contributed by atoms with E-state index >= 15 is 0 Å². The monoisotopic (exact) mass is 469 g/mol. The Hall–Kier alpha value is -4.13. The minimum atomic E-state index is -0.719. The summed E-state index contributed by atoms with van der Waals surface area (Å²) in [7, 11) is 0. The van der Waals surface area contributed by atoms with Gasteiger partial charge in [0.2, 0.25) is 0 Å². The van der Waals surface area contributed by atoms with E-state index in [0.29, 0.717) is 35.4 Å². The number of nitrogens with zero attached hydrogens (tertiary/aromatic N) is 1. The van der Waals surface area contributed by atoms with Gasteiger partial charge >= 0.3 is 5.97 Å². The standard InChI is InChI=1S/C28H27N3O4/c1-17-15-21(35-20-5-3-2-4-6-20)11-12-22(17)26(32)23-16-30-27-25(23)24(13-14-29-27)31-19-9-7-18(8-10-19)28(33)34/h2-6,11-16,18-19H,7-10H2,1H3,(H,33,34)(H2,29,30,31). The first-order valence-electron chi connectivity index (χ1n) is 11.8. The normalized spacial score (nSPS) is 17.7. The molecule has 1 fully saturated rings. The van der Waals surface area contributed by atoms with Crippen molar-refractivity contribution in [3.8, 4) is 11.5 Å². The van der Waals surface area contributed by atoms with Crippen LogP contribution in [0.4, 0.5) is 5.69 Å². The molecule has 2 heterocycles. The summed E-state index contributed by atoms with van der Waals surface area (Å²) in [5.74, 6) is 0.327. The van der Waals surface area contributed by atoms with E-state index in [9.17, 15) is 14.7 Å². The van der Waals surface area contributed by atoms with Gasteiger partial charge in [0.1, 0.15) is 17.1 Å². The number of ether oxygens (including phenoxy) is 1. The average molecular weight is 470 g/mol. The second-order valence-electron chi connectivity index (χ2n) is 9.04. The van der Waals surface area contributed by atoms with Gasteiger partial charge in [0.25, 0.3) is 0 Å². The summed E-state index contributed by atoms with van der Waals surface area (Å²) in [6, 6.07) is 17.0. The number of aliphatic carboxylic acids is 1. The van der Waals surface area contributed by atoms with E-state index in [1.54, 1.807) is 24.5 Å². The molecule has 0 radical (unpaired) electrons. The van der Waals surface area contributed by atoms with Crippen molar-refractivity contribution in [2.24, 2.45) is 5.92 Å². The van der Waals surface area contributed by atoms with Crippen molar-refractivity contribution in [2.75, 3.05) is 5.32 Å². The molecule has 0 amide bonds. The summed E-state index contributed by atoms with van der Waals surface area (Å²) in [5, 5.41) is 13.6. The highest BCUT2D eigenvalue weighted by Crippen LogP contribution is 2.32. The van der Waals surface area contributed by atoms with Gasteiger partial charge in [-0.1, -0.05) is 18.2 Å². The topological polar surface area (TPSA) is 104 Å². The van der Waals surface area contributed by atoms with Crippen molar-refractivity contribution in [1.82, 2.24) is 9.97 Å². The fraction of sp³-hybridized carbons (Fsp3) is 0.250. The number of carboxylic acid groups (broad SMARTS) is 1. The molecular formula is C28H27N3O4. The van der Waals surface area contributed by atoms with E-state index in [0.717, 1.165) is 35.2 Å². The van der Waals surface area contributed by atoms with E-state index in [-0.39, 0.29) is 17.7 Å². The van der Waals surface area contributed by atoms with Crippen LogP contribution in [-0.2, 0) is 4.79 Å². The number of benzene rings is 2. The number of hydrogen-bond acceptors (Lipinski definition) is 5. The van der Waals surface area contributed by atoms with Crippen molar-refractivity contribution < 1.29 is 19.4 Å². The highest BCUT2D eigenvalue weighted by atomic mass is 16.5.